The Morgan fingerprint density at radius 2 is 2.22 bits per heavy atom. The lowest BCUT2D eigenvalue weighted by Gasteiger charge is -2.15. The van der Waals surface area contributed by atoms with Gasteiger partial charge >= 0.3 is 0 Å². The predicted octanol–water partition coefficient (Wildman–Crippen LogP) is 2.72. The van der Waals surface area contributed by atoms with E-state index in [0.717, 1.165) is 23.1 Å². The van der Waals surface area contributed by atoms with Crippen molar-refractivity contribution >= 4 is 21.6 Å². The van der Waals surface area contributed by atoms with Crippen LogP contribution in [0.1, 0.15) is 30.7 Å². The van der Waals surface area contributed by atoms with Crippen LogP contribution in [0.2, 0.25) is 0 Å². The van der Waals surface area contributed by atoms with Crippen LogP contribution in [-0.4, -0.2) is 14.9 Å². The zero-order valence-electron chi connectivity index (χ0n) is 10.2. The quantitative estimate of drug-likeness (QED) is 0.854. The number of aliphatic hydroxyl groups excluding tert-OH is 1. The number of aromatic nitrogens is 2. The van der Waals surface area contributed by atoms with Crippen LogP contribution < -0.4 is 5.73 Å². The van der Waals surface area contributed by atoms with Gasteiger partial charge in [0.25, 0.3) is 0 Å². The molecule has 1 heterocycles. The highest BCUT2D eigenvalue weighted by atomic mass is 79.9. The Hall–Kier alpha value is -1.33. The first-order chi connectivity index (χ1) is 8.63. The average molecular weight is 310 g/mol. The van der Waals surface area contributed by atoms with Crippen molar-refractivity contribution in [2.75, 3.05) is 5.73 Å². The third-order valence-corrected chi connectivity index (χ3v) is 3.30. The standard InChI is InChI=1S/C13H16BrN3O/c1-2-7-17-12(5-6-16-17)13(18)10-8-9(14)3-4-11(10)15/h3-6,8,13,18H,2,7,15H2,1H3. The van der Waals surface area contributed by atoms with Crippen molar-refractivity contribution < 1.29 is 5.11 Å². The molecule has 96 valence electrons. The number of aryl methyl sites for hydroxylation is 1. The summed E-state index contributed by atoms with van der Waals surface area (Å²) < 4.78 is 2.71. The molecule has 2 rings (SSSR count). The van der Waals surface area contributed by atoms with Crippen LogP contribution in [0.3, 0.4) is 0 Å². The highest BCUT2D eigenvalue weighted by molar-refractivity contribution is 9.10. The summed E-state index contributed by atoms with van der Waals surface area (Å²) in [7, 11) is 0. The molecule has 0 spiro atoms. The average Bonchev–Trinajstić information content (AvgIpc) is 2.80. The van der Waals surface area contributed by atoms with Crippen LogP contribution in [-0.2, 0) is 6.54 Å². The minimum absolute atomic E-state index is 0.579. The molecule has 1 unspecified atom stereocenters. The molecule has 3 N–H and O–H groups in total. The molecule has 5 heteroatoms. The number of anilines is 1. The monoisotopic (exact) mass is 309 g/mol. The van der Waals surface area contributed by atoms with E-state index in [0.29, 0.717) is 11.3 Å². The van der Waals surface area contributed by atoms with Gasteiger partial charge in [0.2, 0.25) is 0 Å². The van der Waals surface area contributed by atoms with Crippen molar-refractivity contribution in [2.45, 2.75) is 26.0 Å². The number of halogens is 1. The first kappa shape index (κ1) is 13.1. The van der Waals surface area contributed by atoms with E-state index in [4.69, 9.17) is 5.73 Å². The van der Waals surface area contributed by atoms with E-state index < -0.39 is 6.10 Å². The molecule has 0 saturated heterocycles. The molecule has 0 aliphatic rings. The molecule has 2 aromatic rings. The van der Waals surface area contributed by atoms with E-state index in [-0.39, 0.29) is 0 Å². The number of nitrogens with zero attached hydrogens (tertiary/aromatic N) is 2. The number of nitrogen functional groups attached to an aromatic ring is 1. The van der Waals surface area contributed by atoms with E-state index >= 15 is 0 Å². The molecule has 0 amide bonds. The third-order valence-electron chi connectivity index (χ3n) is 2.81. The summed E-state index contributed by atoms with van der Waals surface area (Å²) in [5.41, 5.74) is 7.95. The molecule has 0 aliphatic carbocycles. The lowest BCUT2D eigenvalue weighted by Crippen LogP contribution is -2.11. The lowest BCUT2D eigenvalue weighted by atomic mass is 10.0. The number of aliphatic hydroxyl groups is 1. The molecular weight excluding hydrogens is 294 g/mol. The van der Waals surface area contributed by atoms with Gasteiger partial charge in [0, 0.05) is 28.5 Å². The van der Waals surface area contributed by atoms with Crippen molar-refractivity contribution in [3.05, 3.63) is 46.2 Å². The number of hydrogen-bond acceptors (Lipinski definition) is 3. The normalized spacial score (nSPS) is 12.6. The van der Waals surface area contributed by atoms with E-state index in [9.17, 15) is 5.11 Å². The van der Waals surface area contributed by atoms with Crippen LogP contribution in [0.15, 0.2) is 34.9 Å². The fraction of sp³-hybridized carbons (Fsp3) is 0.308. The number of nitrogens with two attached hydrogens (primary N) is 1. The molecule has 1 aromatic heterocycles. The summed E-state index contributed by atoms with van der Waals surface area (Å²) in [5, 5.41) is 14.6. The zero-order valence-corrected chi connectivity index (χ0v) is 11.8. The summed E-state index contributed by atoms with van der Waals surface area (Å²) in [4.78, 5) is 0. The summed E-state index contributed by atoms with van der Waals surface area (Å²) in [6.45, 7) is 2.86. The molecule has 1 aromatic carbocycles. The maximum absolute atomic E-state index is 10.4. The molecule has 18 heavy (non-hydrogen) atoms. The number of hydrogen-bond donors (Lipinski definition) is 2. The van der Waals surface area contributed by atoms with Gasteiger partial charge in [-0.2, -0.15) is 5.10 Å². The molecule has 0 aliphatic heterocycles. The highest BCUT2D eigenvalue weighted by Gasteiger charge is 2.17. The second-order valence-corrected chi connectivity index (χ2v) is 5.07. The molecule has 0 radical (unpaired) electrons. The van der Waals surface area contributed by atoms with Gasteiger partial charge in [0.15, 0.2) is 0 Å². The Kier molecular flexibility index (Phi) is 4.04. The molecule has 0 fully saturated rings. The summed E-state index contributed by atoms with van der Waals surface area (Å²) >= 11 is 3.39. The lowest BCUT2D eigenvalue weighted by molar-refractivity contribution is 0.208. The second-order valence-electron chi connectivity index (χ2n) is 4.15. The van der Waals surface area contributed by atoms with Crippen molar-refractivity contribution in [1.82, 2.24) is 9.78 Å². The van der Waals surface area contributed by atoms with Gasteiger partial charge < -0.3 is 10.8 Å². The van der Waals surface area contributed by atoms with Gasteiger partial charge in [-0.25, -0.2) is 0 Å². The van der Waals surface area contributed by atoms with Gasteiger partial charge in [-0.05, 0) is 30.7 Å². The van der Waals surface area contributed by atoms with Crippen LogP contribution in [0, 0.1) is 0 Å². The van der Waals surface area contributed by atoms with E-state index in [1.165, 1.54) is 0 Å². The van der Waals surface area contributed by atoms with Crippen LogP contribution in [0.5, 0.6) is 0 Å². The van der Waals surface area contributed by atoms with Crippen molar-refractivity contribution in [1.29, 1.82) is 0 Å². The Bertz CT molecular complexity index is 539. The molecule has 0 saturated carbocycles. The van der Waals surface area contributed by atoms with Crippen molar-refractivity contribution in [3.8, 4) is 0 Å². The van der Waals surface area contributed by atoms with Gasteiger partial charge in [0.1, 0.15) is 6.10 Å². The van der Waals surface area contributed by atoms with Gasteiger partial charge in [0.05, 0.1) is 5.69 Å². The topological polar surface area (TPSA) is 64.1 Å². The number of benzene rings is 1. The minimum atomic E-state index is -0.753. The fourth-order valence-corrected chi connectivity index (χ4v) is 2.29. The first-order valence-electron chi connectivity index (χ1n) is 5.88. The maximum atomic E-state index is 10.4. The van der Waals surface area contributed by atoms with Crippen LogP contribution in [0.25, 0.3) is 0 Å². The Balaban J connectivity index is 2.38. The molecular formula is C13H16BrN3O. The predicted molar refractivity (Wildman–Crippen MR) is 75.1 cm³/mol. The first-order valence-corrected chi connectivity index (χ1v) is 6.67. The number of rotatable bonds is 4. The van der Waals surface area contributed by atoms with Gasteiger partial charge in [-0.1, -0.05) is 22.9 Å². The minimum Gasteiger partial charge on any atom is -0.398 e. The van der Waals surface area contributed by atoms with Crippen molar-refractivity contribution in [3.63, 3.8) is 0 Å². The van der Waals surface area contributed by atoms with E-state index in [1.807, 2.05) is 22.9 Å². The van der Waals surface area contributed by atoms with E-state index in [2.05, 4.69) is 28.0 Å². The maximum Gasteiger partial charge on any atom is 0.123 e. The largest absolute Gasteiger partial charge is 0.398 e. The fourth-order valence-electron chi connectivity index (χ4n) is 1.92. The third kappa shape index (κ3) is 2.57. The van der Waals surface area contributed by atoms with Gasteiger partial charge in [-0.15, -0.1) is 0 Å². The Morgan fingerprint density at radius 1 is 1.44 bits per heavy atom. The Morgan fingerprint density at radius 3 is 2.94 bits per heavy atom. The summed E-state index contributed by atoms with van der Waals surface area (Å²) in [6.07, 6.45) is 1.91. The van der Waals surface area contributed by atoms with Gasteiger partial charge in [-0.3, -0.25) is 4.68 Å². The van der Waals surface area contributed by atoms with Crippen LogP contribution >= 0.6 is 15.9 Å². The molecule has 1 atom stereocenters. The van der Waals surface area contributed by atoms with Crippen LogP contribution in [0.4, 0.5) is 5.69 Å². The smallest absolute Gasteiger partial charge is 0.123 e. The summed E-state index contributed by atoms with van der Waals surface area (Å²) in [5.74, 6) is 0. The summed E-state index contributed by atoms with van der Waals surface area (Å²) in [6, 6.07) is 7.29. The molecule has 0 bridgehead atoms. The Labute approximate surface area is 115 Å². The zero-order chi connectivity index (χ0) is 13.1. The highest BCUT2D eigenvalue weighted by Crippen LogP contribution is 2.29. The molecule has 4 nitrogen and oxygen atoms in total. The van der Waals surface area contributed by atoms with Crippen molar-refractivity contribution in [2.24, 2.45) is 0 Å². The van der Waals surface area contributed by atoms with E-state index in [1.54, 1.807) is 12.3 Å². The second kappa shape index (κ2) is 5.54. The SMILES string of the molecule is CCCn1nccc1C(O)c1cc(Br)ccc1N.